The molecule has 1 aromatic rings. The minimum absolute atomic E-state index is 0.0386. The van der Waals surface area contributed by atoms with Crippen LogP contribution in [0.3, 0.4) is 0 Å². The molecule has 1 amide bonds. The maximum atomic E-state index is 11.2. The number of aryl methyl sites for hydroxylation is 1. The number of amides is 1. The van der Waals surface area contributed by atoms with E-state index in [4.69, 9.17) is 10.8 Å². The van der Waals surface area contributed by atoms with E-state index in [1.807, 2.05) is 18.2 Å². The summed E-state index contributed by atoms with van der Waals surface area (Å²) in [5.74, 6) is -0.862. The van der Waals surface area contributed by atoms with Crippen LogP contribution in [0.1, 0.15) is 18.4 Å². The predicted molar refractivity (Wildman–Crippen MR) is 72.1 cm³/mol. The fourth-order valence-electron chi connectivity index (χ4n) is 2.04. The van der Waals surface area contributed by atoms with Gasteiger partial charge in [0.05, 0.1) is 6.42 Å². The lowest BCUT2D eigenvalue weighted by Gasteiger charge is -2.18. The van der Waals surface area contributed by atoms with Gasteiger partial charge in [-0.1, -0.05) is 0 Å². The number of hydrogen-bond acceptors (Lipinski definition) is 4. The van der Waals surface area contributed by atoms with Gasteiger partial charge in [-0.25, -0.2) is 0 Å². The Morgan fingerprint density at radius 3 is 3.00 bits per heavy atom. The Bertz CT molecular complexity index is 502. The van der Waals surface area contributed by atoms with Crippen molar-refractivity contribution in [2.45, 2.75) is 25.3 Å². The molecule has 0 saturated heterocycles. The zero-order valence-corrected chi connectivity index (χ0v) is 10.5. The molecule has 6 nitrogen and oxygen atoms in total. The molecule has 5 N–H and O–H groups in total. The first-order valence-electron chi connectivity index (χ1n) is 6.18. The fraction of sp³-hybridized carbons (Fsp3) is 0.385. The van der Waals surface area contributed by atoms with Gasteiger partial charge in [0.2, 0.25) is 5.91 Å². The van der Waals surface area contributed by atoms with Crippen LogP contribution in [0.2, 0.25) is 0 Å². The monoisotopic (exact) mass is 263 g/mol. The molecule has 1 aliphatic heterocycles. The molecule has 1 atom stereocenters. The molecule has 0 spiro atoms. The van der Waals surface area contributed by atoms with Crippen LogP contribution < -0.4 is 16.4 Å². The standard InChI is InChI=1S/C13H17N3O3/c14-9(6-13(18)19)7-15-10-2-3-11-8(5-10)1-4-12(17)16-11/h2-3,5,9,15H,1,4,6-7,14H2,(H,16,17)(H,18,19). The first-order chi connectivity index (χ1) is 9.04. The summed E-state index contributed by atoms with van der Waals surface area (Å²) in [5, 5.41) is 14.5. The first kappa shape index (κ1) is 13.4. The van der Waals surface area contributed by atoms with Crippen LogP contribution in [0.4, 0.5) is 11.4 Å². The van der Waals surface area contributed by atoms with Gasteiger partial charge in [-0.15, -0.1) is 0 Å². The third-order valence-electron chi connectivity index (χ3n) is 3.01. The zero-order chi connectivity index (χ0) is 13.8. The number of carbonyl (C=O) groups is 2. The highest BCUT2D eigenvalue weighted by Crippen LogP contribution is 2.25. The zero-order valence-electron chi connectivity index (χ0n) is 10.5. The Balaban J connectivity index is 1.95. The maximum absolute atomic E-state index is 11.2. The van der Waals surface area contributed by atoms with Gasteiger partial charge in [0.1, 0.15) is 0 Å². The van der Waals surface area contributed by atoms with Crippen LogP contribution in [0.15, 0.2) is 18.2 Å². The fourth-order valence-corrected chi connectivity index (χ4v) is 2.04. The number of fused-ring (bicyclic) bond motifs is 1. The van der Waals surface area contributed by atoms with Gasteiger partial charge in [-0.3, -0.25) is 9.59 Å². The normalized spacial score (nSPS) is 15.3. The predicted octanol–water partition coefficient (Wildman–Crippen LogP) is 0.785. The van der Waals surface area contributed by atoms with E-state index in [0.717, 1.165) is 23.4 Å². The van der Waals surface area contributed by atoms with Gasteiger partial charge in [-0.2, -0.15) is 0 Å². The van der Waals surface area contributed by atoms with E-state index in [0.29, 0.717) is 13.0 Å². The summed E-state index contributed by atoms with van der Waals surface area (Å²) in [5.41, 5.74) is 8.49. The lowest BCUT2D eigenvalue weighted by molar-refractivity contribution is -0.137. The summed E-state index contributed by atoms with van der Waals surface area (Å²) < 4.78 is 0. The number of aliphatic carboxylic acids is 1. The molecule has 102 valence electrons. The second-order valence-electron chi connectivity index (χ2n) is 4.66. The second kappa shape index (κ2) is 5.71. The van der Waals surface area contributed by atoms with Crippen LogP contribution in [0.5, 0.6) is 0 Å². The summed E-state index contributed by atoms with van der Waals surface area (Å²) >= 11 is 0. The van der Waals surface area contributed by atoms with Gasteiger partial charge >= 0.3 is 5.97 Å². The topological polar surface area (TPSA) is 104 Å². The highest BCUT2D eigenvalue weighted by atomic mass is 16.4. The van der Waals surface area contributed by atoms with Gasteiger partial charge in [0.25, 0.3) is 0 Å². The van der Waals surface area contributed by atoms with E-state index in [-0.39, 0.29) is 12.3 Å². The van der Waals surface area contributed by atoms with Crippen molar-refractivity contribution in [3.8, 4) is 0 Å². The second-order valence-corrected chi connectivity index (χ2v) is 4.66. The third-order valence-corrected chi connectivity index (χ3v) is 3.01. The lowest BCUT2D eigenvalue weighted by Crippen LogP contribution is -2.31. The number of carboxylic acid groups (broad SMARTS) is 1. The minimum Gasteiger partial charge on any atom is -0.481 e. The Labute approximate surface area is 111 Å². The molecule has 6 heteroatoms. The van der Waals surface area contributed by atoms with Crippen LogP contribution in [-0.2, 0) is 16.0 Å². The summed E-state index contributed by atoms with van der Waals surface area (Å²) in [4.78, 5) is 21.7. The minimum atomic E-state index is -0.901. The van der Waals surface area contributed by atoms with Gasteiger partial charge in [0.15, 0.2) is 0 Å². The summed E-state index contributed by atoms with van der Waals surface area (Å²) in [7, 11) is 0. The first-order valence-corrected chi connectivity index (χ1v) is 6.18. The number of anilines is 2. The lowest BCUT2D eigenvalue weighted by atomic mass is 10.0. The van der Waals surface area contributed by atoms with E-state index in [1.54, 1.807) is 0 Å². The molecule has 19 heavy (non-hydrogen) atoms. The van der Waals surface area contributed by atoms with Gasteiger partial charge in [0, 0.05) is 30.4 Å². The Hall–Kier alpha value is -2.08. The van der Waals surface area contributed by atoms with E-state index >= 15 is 0 Å². The molecule has 0 radical (unpaired) electrons. The molecule has 0 saturated carbocycles. The quantitative estimate of drug-likeness (QED) is 0.628. The smallest absolute Gasteiger partial charge is 0.304 e. The molecular weight excluding hydrogens is 246 g/mol. The highest BCUT2D eigenvalue weighted by molar-refractivity contribution is 5.94. The van der Waals surface area contributed by atoms with E-state index in [1.165, 1.54) is 0 Å². The van der Waals surface area contributed by atoms with Crippen LogP contribution in [0.25, 0.3) is 0 Å². The van der Waals surface area contributed by atoms with Crippen molar-refractivity contribution >= 4 is 23.3 Å². The van der Waals surface area contributed by atoms with Crippen molar-refractivity contribution in [1.82, 2.24) is 0 Å². The van der Waals surface area contributed by atoms with Crippen molar-refractivity contribution in [3.05, 3.63) is 23.8 Å². The SMILES string of the molecule is NC(CNc1ccc2c(c1)CCC(=O)N2)CC(=O)O. The number of hydrogen-bond donors (Lipinski definition) is 4. The van der Waals surface area contributed by atoms with E-state index in [2.05, 4.69) is 10.6 Å². The molecule has 0 aliphatic carbocycles. The maximum Gasteiger partial charge on any atom is 0.304 e. The molecular formula is C13H17N3O3. The largest absolute Gasteiger partial charge is 0.481 e. The summed E-state index contributed by atoms with van der Waals surface area (Å²) in [6.07, 6.45) is 1.15. The molecule has 1 heterocycles. The van der Waals surface area contributed by atoms with E-state index < -0.39 is 12.0 Å². The summed E-state index contributed by atoms with van der Waals surface area (Å²) in [6, 6.07) is 5.23. The van der Waals surface area contributed by atoms with Crippen molar-refractivity contribution in [1.29, 1.82) is 0 Å². The van der Waals surface area contributed by atoms with Crippen molar-refractivity contribution < 1.29 is 14.7 Å². The number of nitrogens with two attached hydrogens (primary N) is 1. The number of nitrogens with one attached hydrogen (secondary N) is 2. The molecule has 1 aliphatic rings. The average molecular weight is 263 g/mol. The Morgan fingerprint density at radius 1 is 1.47 bits per heavy atom. The number of benzene rings is 1. The Morgan fingerprint density at radius 2 is 2.26 bits per heavy atom. The number of rotatable bonds is 5. The molecule has 0 aromatic heterocycles. The van der Waals surface area contributed by atoms with Crippen LogP contribution >= 0.6 is 0 Å². The van der Waals surface area contributed by atoms with Crippen molar-refractivity contribution in [2.24, 2.45) is 5.73 Å². The summed E-state index contributed by atoms with van der Waals surface area (Å²) in [6.45, 7) is 0.400. The number of carbonyl (C=O) groups excluding carboxylic acids is 1. The molecule has 0 fully saturated rings. The van der Waals surface area contributed by atoms with Gasteiger partial charge < -0.3 is 21.5 Å². The molecule has 2 rings (SSSR count). The Kier molecular flexibility index (Phi) is 4.01. The molecule has 1 aromatic carbocycles. The molecule has 1 unspecified atom stereocenters. The van der Waals surface area contributed by atoms with Crippen LogP contribution in [0, 0.1) is 0 Å². The third kappa shape index (κ3) is 3.69. The number of carboxylic acids is 1. The van der Waals surface area contributed by atoms with Crippen molar-refractivity contribution in [3.63, 3.8) is 0 Å². The van der Waals surface area contributed by atoms with Crippen LogP contribution in [-0.4, -0.2) is 29.6 Å². The van der Waals surface area contributed by atoms with Crippen molar-refractivity contribution in [2.75, 3.05) is 17.2 Å². The molecule has 0 bridgehead atoms. The van der Waals surface area contributed by atoms with Gasteiger partial charge in [-0.05, 0) is 30.2 Å². The highest BCUT2D eigenvalue weighted by Gasteiger charge is 2.15. The van der Waals surface area contributed by atoms with E-state index in [9.17, 15) is 9.59 Å². The average Bonchev–Trinajstić information content (AvgIpc) is 2.35.